The van der Waals surface area contributed by atoms with Crippen LogP contribution in [0.15, 0.2) is 48.5 Å². The van der Waals surface area contributed by atoms with Crippen LogP contribution in [0.3, 0.4) is 0 Å². The Balaban J connectivity index is 1.39. The van der Waals surface area contributed by atoms with Crippen LogP contribution in [-0.4, -0.2) is 61.4 Å². The predicted octanol–water partition coefficient (Wildman–Crippen LogP) is 2.78. The van der Waals surface area contributed by atoms with Gasteiger partial charge in [-0.25, -0.2) is 0 Å². The third kappa shape index (κ3) is 4.27. The van der Waals surface area contributed by atoms with Crippen LogP contribution in [0.2, 0.25) is 0 Å². The zero-order valence-corrected chi connectivity index (χ0v) is 16.8. The fourth-order valence-corrected chi connectivity index (χ4v) is 4.06. The van der Waals surface area contributed by atoms with Crippen molar-refractivity contribution in [1.29, 1.82) is 0 Å². The molecule has 0 radical (unpaired) electrons. The van der Waals surface area contributed by atoms with E-state index in [-0.39, 0.29) is 11.8 Å². The summed E-state index contributed by atoms with van der Waals surface area (Å²) in [6.07, 6.45) is 1.41. The van der Waals surface area contributed by atoms with E-state index in [4.69, 9.17) is 4.74 Å². The van der Waals surface area contributed by atoms with Crippen molar-refractivity contribution in [2.75, 3.05) is 44.7 Å². The highest BCUT2D eigenvalue weighted by molar-refractivity contribution is 6.05. The number of rotatable bonds is 5. The van der Waals surface area contributed by atoms with Crippen molar-refractivity contribution >= 4 is 17.5 Å². The van der Waals surface area contributed by atoms with Crippen molar-refractivity contribution in [2.45, 2.75) is 19.4 Å². The van der Waals surface area contributed by atoms with Crippen LogP contribution in [0, 0.1) is 0 Å². The lowest BCUT2D eigenvalue weighted by Gasteiger charge is -2.35. The quantitative estimate of drug-likeness (QED) is 0.784. The number of nitrogens with zero attached hydrogens (tertiary/aromatic N) is 3. The molecule has 0 atom stereocenters. The Hall–Kier alpha value is -2.86. The average molecular weight is 393 g/mol. The number of carbonyl (C=O) groups excluding carboxylic acids is 2. The summed E-state index contributed by atoms with van der Waals surface area (Å²) in [5.74, 6) is 0.985. The van der Waals surface area contributed by atoms with E-state index in [0.717, 1.165) is 37.5 Å². The van der Waals surface area contributed by atoms with Gasteiger partial charge in [0.1, 0.15) is 5.75 Å². The molecule has 0 bridgehead atoms. The number of methoxy groups -OCH3 is 1. The van der Waals surface area contributed by atoms with Crippen molar-refractivity contribution in [3.63, 3.8) is 0 Å². The van der Waals surface area contributed by atoms with E-state index in [1.807, 2.05) is 41.3 Å². The molecular weight excluding hydrogens is 366 g/mol. The summed E-state index contributed by atoms with van der Waals surface area (Å²) in [5.41, 5.74) is 2.62. The Labute approximate surface area is 171 Å². The van der Waals surface area contributed by atoms with Gasteiger partial charge in [0, 0.05) is 45.7 Å². The Morgan fingerprint density at radius 3 is 2.34 bits per heavy atom. The van der Waals surface area contributed by atoms with Crippen LogP contribution in [0.5, 0.6) is 5.75 Å². The Kier molecular flexibility index (Phi) is 5.81. The second kappa shape index (κ2) is 8.66. The van der Waals surface area contributed by atoms with E-state index in [2.05, 4.69) is 17.0 Å². The van der Waals surface area contributed by atoms with Gasteiger partial charge in [0.2, 0.25) is 5.91 Å². The van der Waals surface area contributed by atoms with E-state index in [1.54, 1.807) is 12.0 Å². The lowest BCUT2D eigenvalue weighted by Crippen LogP contribution is -2.48. The van der Waals surface area contributed by atoms with Crippen molar-refractivity contribution in [3.8, 4) is 5.75 Å². The molecule has 0 N–H and O–H groups in total. The molecule has 6 heteroatoms. The minimum absolute atomic E-state index is 0.0180. The SMILES string of the molecule is COc1ccc(CN2CCN(C(=O)c3ccccc3N3CCCC3=O)CC2)cc1. The predicted molar refractivity (Wildman–Crippen MR) is 112 cm³/mol. The van der Waals surface area contributed by atoms with Crippen LogP contribution in [0.1, 0.15) is 28.8 Å². The topological polar surface area (TPSA) is 53.1 Å². The van der Waals surface area contributed by atoms with Crippen molar-refractivity contribution < 1.29 is 14.3 Å². The highest BCUT2D eigenvalue weighted by atomic mass is 16.5. The number of hydrogen-bond donors (Lipinski definition) is 0. The summed E-state index contributed by atoms with van der Waals surface area (Å²) >= 11 is 0. The number of ether oxygens (including phenoxy) is 1. The first-order chi connectivity index (χ1) is 14.2. The highest BCUT2D eigenvalue weighted by Crippen LogP contribution is 2.27. The lowest BCUT2D eigenvalue weighted by molar-refractivity contribution is -0.117. The third-order valence-electron chi connectivity index (χ3n) is 5.72. The van der Waals surface area contributed by atoms with Gasteiger partial charge in [-0.2, -0.15) is 0 Å². The van der Waals surface area contributed by atoms with Crippen molar-refractivity contribution in [3.05, 3.63) is 59.7 Å². The van der Waals surface area contributed by atoms with Gasteiger partial charge in [0.25, 0.3) is 5.91 Å². The van der Waals surface area contributed by atoms with Gasteiger partial charge < -0.3 is 14.5 Å². The molecule has 2 aliphatic heterocycles. The molecule has 0 aromatic heterocycles. The molecule has 6 nitrogen and oxygen atoms in total. The third-order valence-corrected chi connectivity index (χ3v) is 5.72. The smallest absolute Gasteiger partial charge is 0.256 e. The van der Waals surface area contributed by atoms with Gasteiger partial charge in [-0.3, -0.25) is 14.5 Å². The fraction of sp³-hybridized carbons (Fsp3) is 0.391. The van der Waals surface area contributed by atoms with E-state index in [9.17, 15) is 9.59 Å². The second-order valence-electron chi connectivity index (χ2n) is 7.58. The van der Waals surface area contributed by atoms with Gasteiger partial charge in [-0.15, -0.1) is 0 Å². The summed E-state index contributed by atoms with van der Waals surface area (Å²) in [7, 11) is 1.67. The highest BCUT2D eigenvalue weighted by Gasteiger charge is 2.28. The van der Waals surface area contributed by atoms with E-state index in [1.165, 1.54) is 5.56 Å². The minimum atomic E-state index is 0.0180. The lowest BCUT2D eigenvalue weighted by atomic mass is 10.1. The summed E-state index contributed by atoms with van der Waals surface area (Å²) in [6, 6.07) is 15.6. The Morgan fingerprint density at radius 1 is 0.966 bits per heavy atom. The number of carbonyl (C=O) groups is 2. The average Bonchev–Trinajstić information content (AvgIpc) is 3.20. The maximum absolute atomic E-state index is 13.2. The van der Waals surface area contributed by atoms with E-state index >= 15 is 0 Å². The van der Waals surface area contributed by atoms with Gasteiger partial charge in [0.05, 0.1) is 18.4 Å². The van der Waals surface area contributed by atoms with Crippen LogP contribution in [0.4, 0.5) is 5.69 Å². The number of para-hydroxylation sites is 1. The summed E-state index contributed by atoms with van der Waals surface area (Å²) in [6.45, 7) is 4.61. The Morgan fingerprint density at radius 2 is 1.69 bits per heavy atom. The first-order valence-corrected chi connectivity index (χ1v) is 10.2. The molecule has 0 unspecified atom stereocenters. The maximum atomic E-state index is 13.2. The molecule has 2 saturated heterocycles. The number of anilines is 1. The standard InChI is InChI=1S/C23H27N3O3/c1-29-19-10-8-18(9-11-19)17-24-13-15-25(16-14-24)23(28)20-5-2-3-6-21(20)26-12-4-7-22(26)27/h2-3,5-6,8-11H,4,7,12-17H2,1H3. The Bertz CT molecular complexity index is 873. The molecule has 2 heterocycles. The summed E-state index contributed by atoms with van der Waals surface area (Å²) in [5, 5.41) is 0. The number of piperazine rings is 1. The van der Waals surface area contributed by atoms with Crippen LogP contribution >= 0.6 is 0 Å². The van der Waals surface area contributed by atoms with E-state index in [0.29, 0.717) is 31.6 Å². The molecule has 0 spiro atoms. The molecule has 2 fully saturated rings. The first-order valence-electron chi connectivity index (χ1n) is 10.2. The van der Waals surface area contributed by atoms with Crippen molar-refractivity contribution in [1.82, 2.24) is 9.80 Å². The molecule has 2 aromatic rings. The summed E-state index contributed by atoms with van der Waals surface area (Å²) in [4.78, 5) is 31.4. The molecule has 0 saturated carbocycles. The molecule has 29 heavy (non-hydrogen) atoms. The number of benzene rings is 2. The molecular formula is C23H27N3O3. The fourth-order valence-electron chi connectivity index (χ4n) is 4.06. The normalized spacial score (nSPS) is 17.6. The largest absolute Gasteiger partial charge is 0.497 e. The van der Waals surface area contributed by atoms with Gasteiger partial charge in [-0.05, 0) is 36.2 Å². The first kappa shape index (κ1) is 19.5. The maximum Gasteiger partial charge on any atom is 0.256 e. The van der Waals surface area contributed by atoms with Gasteiger partial charge in [-0.1, -0.05) is 24.3 Å². The molecule has 2 aliphatic rings. The van der Waals surface area contributed by atoms with Gasteiger partial charge in [0.15, 0.2) is 0 Å². The number of hydrogen-bond acceptors (Lipinski definition) is 4. The van der Waals surface area contributed by atoms with Gasteiger partial charge >= 0.3 is 0 Å². The van der Waals surface area contributed by atoms with Crippen LogP contribution < -0.4 is 9.64 Å². The zero-order chi connectivity index (χ0) is 20.2. The number of amides is 2. The van der Waals surface area contributed by atoms with Crippen LogP contribution in [0.25, 0.3) is 0 Å². The monoisotopic (exact) mass is 393 g/mol. The second-order valence-corrected chi connectivity index (χ2v) is 7.58. The molecule has 2 aromatic carbocycles. The molecule has 152 valence electrons. The molecule has 2 amide bonds. The molecule has 0 aliphatic carbocycles. The van der Waals surface area contributed by atoms with Crippen molar-refractivity contribution in [2.24, 2.45) is 0 Å². The minimum Gasteiger partial charge on any atom is -0.497 e. The van der Waals surface area contributed by atoms with Crippen LogP contribution in [-0.2, 0) is 11.3 Å². The molecule has 4 rings (SSSR count). The van der Waals surface area contributed by atoms with E-state index < -0.39 is 0 Å². The summed E-state index contributed by atoms with van der Waals surface area (Å²) < 4.78 is 5.21. The zero-order valence-electron chi connectivity index (χ0n) is 16.8.